The number of carboxylic acid groups (broad SMARTS) is 1. The molecule has 0 aliphatic heterocycles. The summed E-state index contributed by atoms with van der Waals surface area (Å²) in [4.78, 5) is 22.0. The average molecular weight is 197 g/mol. The first-order valence-corrected chi connectivity index (χ1v) is 4.79. The molecule has 0 aromatic carbocycles. The molecule has 1 aliphatic carbocycles. The quantitative estimate of drug-likeness (QED) is 0.661. The van der Waals surface area contributed by atoms with Crippen molar-refractivity contribution in [2.45, 2.75) is 32.2 Å². The Morgan fingerprint density at radius 1 is 1.50 bits per heavy atom. The zero-order valence-corrected chi connectivity index (χ0v) is 8.19. The van der Waals surface area contributed by atoms with Crippen LogP contribution in [0.1, 0.15) is 26.2 Å². The Labute approximate surface area is 83.0 Å². The second-order valence-electron chi connectivity index (χ2n) is 3.55. The molecule has 0 aromatic rings. The molecular weight excluding hydrogens is 182 g/mol. The van der Waals surface area contributed by atoms with Crippen molar-refractivity contribution in [1.29, 1.82) is 0 Å². The zero-order chi connectivity index (χ0) is 10.6. The predicted molar refractivity (Wildman–Crippen MR) is 51.7 cm³/mol. The van der Waals surface area contributed by atoms with Gasteiger partial charge in [-0.25, -0.2) is 0 Å². The summed E-state index contributed by atoms with van der Waals surface area (Å²) < 4.78 is 0. The van der Waals surface area contributed by atoms with Crippen LogP contribution in [0.25, 0.3) is 0 Å². The smallest absolute Gasteiger partial charge is 0.325 e. The third-order valence-electron chi connectivity index (χ3n) is 2.37. The van der Waals surface area contributed by atoms with Crippen molar-refractivity contribution in [3.8, 4) is 0 Å². The van der Waals surface area contributed by atoms with Crippen LogP contribution < -0.4 is 5.32 Å². The average Bonchev–Trinajstić information content (AvgIpc) is 2.19. The molecule has 1 amide bonds. The van der Waals surface area contributed by atoms with Crippen LogP contribution in [0.15, 0.2) is 12.2 Å². The minimum absolute atomic E-state index is 0.0539. The molecule has 1 rings (SSSR count). The molecule has 0 fully saturated rings. The largest absolute Gasteiger partial charge is 0.480 e. The van der Waals surface area contributed by atoms with Crippen LogP contribution in [0, 0.1) is 5.92 Å². The Morgan fingerprint density at radius 2 is 2.21 bits per heavy atom. The Hall–Kier alpha value is -1.32. The minimum Gasteiger partial charge on any atom is -0.480 e. The highest BCUT2D eigenvalue weighted by molar-refractivity contribution is 5.84. The number of amides is 1. The van der Waals surface area contributed by atoms with Crippen LogP contribution >= 0.6 is 0 Å². The lowest BCUT2D eigenvalue weighted by atomic mass is 9.93. The number of rotatable bonds is 3. The van der Waals surface area contributed by atoms with Crippen molar-refractivity contribution in [1.82, 2.24) is 5.32 Å². The molecule has 0 bridgehead atoms. The van der Waals surface area contributed by atoms with Crippen LogP contribution in [0.3, 0.4) is 0 Å². The van der Waals surface area contributed by atoms with Crippen LogP contribution in [0.5, 0.6) is 0 Å². The summed E-state index contributed by atoms with van der Waals surface area (Å²) in [5, 5.41) is 11.1. The maximum atomic E-state index is 11.5. The van der Waals surface area contributed by atoms with E-state index in [9.17, 15) is 9.59 Å². The normalized spacial score (nSPS) is 22.8. The number of aliphatic carboxylic acids is 1. The monoisotopic (exact) mass is 197 g/mol. The molecule has 1 aliphatic rings. The van der Waals surface area contributed by atoms with Crippen LogP contribution in [0.2, 0.25) is 0 Å². The lowest BCUT2D eigenvalue weighted by Crippen LogP contribution is -2.41. The van der Waals surface area contributed by atoms with E-state index in [1.165, 1.54) is 6.92 Å². The molecule has 78 valence electrons. The van der Waals surface area contributed by atoms with E-state index < -0.39 is 12.0 Å². The first kappa shape index (κ1) is 10.8. The van der Waals surface area contributed by atoms with E-state index in [2.05, 4.69) is 5.32 Å². The molecule has 0 spiro atoms. The predicted octanol–water partition coefficient (Wildman–Crippen LogP) is 0.932. The Morgan fingerprint density at radius 3 is 2.71 bits per heavy atom. The summed E-state index contributed by atoms with van der Waals surface area (Å²) in [5.74, 6) is -1.20. The maximum Gasteiger partial charge on any atom is 0.325 e. The second-order valence-corrected chi connectivity index (χ2v) is 3.55. The van der Waals surface area contributed by atoms with Gasteiger partial charge in [-0.3, -0.25) is 9.59 Å². The number of hydrogen-bond donors (Lipinski definition) is 2. The van der Waals surface area contributed by atoms with Crippen LogP contribution in [0.4, 0.5) is 0 Å². The van der Waals surface area contributed by atoms with Gasteiger partial charge in [-0.15, -0.1) is 0 Å². The van der Waals surface area contributed by atoms with E-state index >= 15 is 0 Å². The highest BCUT2D eigenvalue weighted by Gasteiger charge is 2.22. The summed E-state index contributed by atoms with van der Waals surface area (Å²) in [6, 6.07) is -0.798. The van der Waals surface area contributed by atoms with Gasteiger partial charge >= 0.3 is 5.97 Å². The molecule has 4 nitrogen and oxygen atoms in total. The van der Waals surface area contributed by atoms with Gasteiger partial charge in [0.1, 0.15) is 6.04 Å². The van der Waals surface area contributed by atoms with E-state index in [0.29, 0.717) is 0 Å². The van der Waals surface area contributed by atoms with E-state index in [4.69, 9.17) is 5.11 Å². The van der Waals surface area contributed by atoms with Gasteiger partial charge < -0.3 is 10.4 Å². The number of nitrogens with one attached hydrogen (secondary N) is 1. The molecule has 0 saturated heterocycles. The fourth-order valence-electron chi connectivity index (χ4n) is 1.42. The summed E-state index contributed by atoms with van der Waals surface area (Å²) in [6.45, 7) is 1.47. The van der Waals surface area contributed by atoms with Crippen molar-refractivity contribution in [2.24, 2.45) is 5.92 Å². The Bertz CT molecular complexity index is 260. The van der Waals surface area contributed by atoms with Crippen molar-refractivity contribution in [2.75, 3.05) is 0 Å². The summed E-state index contributed by atoms with van der Waals surface area (Å²) in [5.41, 5.74) is 0. The highest BCUT2D eigenvalue weighted by atomic mass is 16.4. The van der Waals surface area contributed by atoms with Gasteiger partial charge in [-0.1, -0.05) is 12.2 Å². The van der Waals surface area contributed by atoms with Crippen molar-refractivity contribution in [3.63, 3.8) is 0 Å². The fourth-order valence-corrected chi connectivity index (χ4v) is 1.42. The van der Waals surface area contributed by atoms with Crippen molar-refractivity contribution < 1.29 is 14.7 Å². The molecule has 0 saturated carbocycles. The number of carboxylic acids is 1. The van der Waals surface area contributed by atoms with Crippen molar-refractivity contribution in [3.05, 3.63) is 12.2 Å². The molecule has 4 heteroatoms. The fraction of sp³-hybridized carbons (Fsp3) is 0.600. The second kappa shape index (κ2) is 4.79. The summed E-state index contributed by atoms with van der Waals surface area (Å²) >= 11 is 0. The summed E-state index contributed by atoms with van der Waals surface area (Å²) in [7, 11) is 0. The summed E-state index contributed by atoms with van der Waals surface area (Å²) in [6.07, 6.45) is 6.45. The number of carbonyl (C=O) groups excluding carboxylic acids is 1. The van der Waals surface area contributed by atoms with Gasteiger partial charge in [0.25, 0.3) is 0 Å². The Balaban J connectivity index is 2.41. The molecule has 14 heavy (non-hydrogen) atoms. The van der Waals surface area contributed by atoms with Gasteiger partial charge in [-0.05, 0) is 26.2 Å². The number of allylic oxidation sites excluding steroid dienone is 2. The van der Waals surface area contributed by atoms with Crippen molar-refractivity contribution >= 4 is 11.9 Å². The van der Waals surface area contributed by atoms with Crippen LogP contribution in [-0.4, -0.2) is 23.0 Å². The van der Waals surface area contributed by atoms with Crippen LogP contribution in [-0.2, 0) is 9.59 Å². The topological polar surface area (TPSA) is 66.4 Å². The molecule has 2 atom stereocenters. The van der Waals surface area contributed by atoms with E-state index in [0.717, 1.165) is 19.3 Å². The van der Waals surface area contributed by atoms with Gasteiger partial charge in [0.05, 0.1) is 0 Å². The van der Waals surface area contributed by atoms with Gasteiger partial charge in [-0.2, -0.15) is 0 Å². The molecule has 0 heterocycles. The maximum absolute atomic E-state index is 11.5. The third kappa shape index (κ3) is 2.87. The third-order valence-corrected chi connectivity index (χ3v) is 2.37. The van der Waals surface area contributed by atoms with E-state index in [-0.39, 0.29) is 11.8 Å². The molecule has 2 unspecified atom stereocenters. The molecule has 0 aromatic heterocycles. The number of carbonyl (C=O) groups is 2. The lowest BCUT2D eigenvalue weighted by molar-refractivity contribution is -0.142. The lowest BCUT2D eigenvalue weighted by Gasteiger charge is -2.18. The first-order chi connectivity index (χ1) is 6.61. The SMILES string of the molecule is CC(NC(=O)C1CC=CCC1)C(=O)O. The Kier molecular flexibility index (Phi) is 3.68. The minimum atomic E-state index is -0.996. The van der Waals surface area contributed by atoms with Gasteiger partial charge in [0, 0.05) is 5.92 Å². The highest BCUT2D eigenvalue weighted by Crippen LogP contribution is 2.18. The molecule has 2 N–H and O–H groups in total. The first-order valence-electron chi connectivity index (χ1n) is 4.79. The zero-order valence-electron chi connectivity index (χ0n) is 8.19. The van der Waals surface area contributed by atoms with E-state index in [1.807, 2.05) is 12.2 Å². The number of hydrogen-bond acceptors (Lipinski definition) is 2. The van der Waals surface area contributed by atoms with Gasteiger partial charge in [0.2, 0.25) is 5.91 Å². The van der Waals surface area contributed by atoms with Gasteiger partial charge in [0.15, 0.2) is 0 Å². The molecular formula is C10H15NO3. The standard InChI is InChI=1S/C10H15NO3/c1-7(10(13)14)11-9(12)8-5-3-2-4-6-8/h2-3,7-8H,4-6H2,1H3,(H,11,12)(H,13,14). The molecule has 0 radical (unpaired) electrons. The van der Waals surface area contributed by atoms with E-state index in [1.54, 1.807) is 0 Å².